The van der Waals surface area contributed by atoms with Crippen molar-refractivity contribution in [2.45, 2.75) is 25.7 Å². The van der Waals surface area contributed by atoms with Crippen molar-refractivity contribution in [2.75, 3.05) is 26.2 Å². The molecule has 1 heterocycles. The van der Waals surface area contributed by atoms with Crippen molar-refractivity contribution < 1.29 is 9.53 Å². The van der Waals surface area contributed by atoms with E-state index in [0.29, 0.717) is 13.2 Å². The van der Waals surface area contributed by atoms with E-state index in [9.17, 15) is 4.79 Å². The largest absolute Gasteiger partial charge is 0.492 e. The number of carbonyl (C=O) groups is 1. The summed E-state index contributed by atoms with van der Waals surface area (Å²) < 4.78 is 5.41. The molecule has 0 aliphatic carbocycles. The highest BCUT2D eigenvalue weighted by Crippen LogP contribution is 2.16. The highest BCUT2D eigenvalue weighted by molar-refractivity contribution is 5.94. The molecule has 1 aromatic rings. The normalized spacial score (nSPS) is 15.9. The summed E-state index contributed by atoms with van der Waals surface area (Å²) in [6.45, 7) is 2.75. The molecule has 0 aromatic heterocycles. The lowest BCUT2D eigenvalue weighted by Crippen LogP contribution is -2.31. The van der Waals surface area contributed by atoms with Gasteiger partial charge in [-0.15, -0.1) is 0 Å². The number of carbonyl (C=O) groups excluding carboxylic acids is 1. The summed E-state index contributed by atoms with van der Waals surface area (Å²) in [5, 5.41) is 0. The second kappa shape index (κ2) is 7.14. The Labute approximate surface area is 114 Å². The van der Waals surface area contributed by atoms with E-state index in [1.807, 2.05) is 29.2 Å². The van der Waals surface area contributed by atoms with Crippen molar-refractivity contribution in [2.24, 2.45) is 5.73 Å². The van der Waals surface area contributed by atoms with Crippen LogP contribution in [0.2, 0.25) is 0 Å². The number of hydrogen-bond donors (Lipinski definition) is 1. The summed E-state index contributed by atoms with van der Waals surface area (Å²) in [5.41, 5.74) is 6.12. The second-order valence-electron chi connectivity index (χ2n) is 4.87. The molecule has 1 aromatic carbocycles. The van der Waals surface area contributed by atoms with Crippen LogP contribution in [0.1, 0.15) is 36.0 Å². The number of rotatable bonds is 4. The zero-order valence-corrected chi connectivity index (χ0v) is 11.3. The molecular formula is C15H22N2O2. The highest BCUT2D eigenvalue weighted by atomic mass is 16.5. The Morgan fingerprint density at radius 1 is 1.11 bits per heavy atom. The summed E-state index contributed by atoms with van der Waals surface area (Å²) in [7, 11) is 0. The molecule has 0 bridgehead atoms. The third-order valence-electron chi connectivity index (χ3n) is 3.38. The SMILES string of the molecule is NCCOc1ccc(C(=O)N2CCCCCC2)cc1. The van der Waals surface area contributed by atoms with Gasteiger partial charge in [0.2, 0.25) is 0 Å². The Hall–Kier alpha value is -1.55. The summed E-state index contributed by atoms with van der Waals surface area (Å²) in [5.74, 6) is 0.894. The van der Waals surface area contributed by atoms with Gasteiger partial charge in [0.25, 0.3) is 5.91 Å². The van der Waals surface area contributed by atoms with Crippen molar-refractivity contribution >= 4 is 5.91 Å². The van der Waals surface area contributed by atoms with Gasteiger partial charge >= 0.3 is 0 Å². The number of ether oxygens (including phenoxy) is 1. The average molecular weight is 262 g/mol. The minimum atomic E-state index is 0.132. The molecule has 1 fully saturated rings. The van der Waals surface area contributed by atoms with Crippen LogP contribution in [0.25, 0.3) is 0 Å². The molecule has 19 heavy (non-hydrogen) atoms. The fraction of sp³-hybridized carbons (Fsp3) is 0.533. The fourth-order valence-corrected chi connectivity index (χ4v) is 2.33. The molecule has 1 amide bonds. The molecule has 2 N–H and O–H groups in total. The van der Waals surface area contributed by atoms with E-state index < -0.39 is 0 Å². The monoisotopic (exact) mass is 262 g/mol. The first-order chi connectivity index (χ1) is 9.31. The first-order valence-electron chi connectivity index (χ1n) is 7.03. The number of nitrogens with two attached hydrogens (primary N) is 1. The number of benzene rings is 1. The standard InChI is InChI=1S/C15H22N2O2/c16-9-12-19-14-7-5-13(6-8-14)15(18)17-10-3-1-2-4-11-17/h5-8H,1-4,9-12,16H2. The van der Waals surface area contributed by atoms with Crippen LogP contribution in [-0.4, -0.2) is 37.0 Å². The van der Waals surface area contributed by atoms with Crippen molar-refractivity contribution in [3.05, 3.63) is 29.8 Å². The Balaban J connectivity index is 1.98. The summed E-state index contributed by atoms with van der Waals surface area (Å²) >= 11 is 0. The van der Waals surface area contributed by atoms with Crippen molar-refractivity contribution in [3.8, 4) is 5.75 Å². The summed E-state index contributed by atoms with van der Waals surface area (Å²) in [4.78, 5) is 14.3. The topological polar surface area (TPSA) is 55.6 Å². The zero-order chi connectivity index (χ0) is 13.5. The van der Waals surface area contributed by atoms with E-state index in [4.69, 9.17) is 10.5 Å². The zero-order valence-electron chi connectivity index (χ0n) is 11.3. The highest BCUT2D eigenvalue weighted by Gasteiger charge is 2.16. The Kier molecular flexibility index (Phi) is 5.21. The molecule has 1 aliphatic rings. The van der Waals surface area contributed by atoms with E-state index in [0.717, 1.165) is 37.2 Å². The van der Waals surface area contributed by atoms with Gasteiger partial charge < -0.3 is 15.4 Å². The van der Waals surface area contributed by atoms with Crippen LogP contribution in [0, 0.1) is 0 Å². The minimum Gasteiger partial charge on any atom is -0.492 e. The lowest BCUT2D eigenvalue weighted by atomic mass is 10.2. The Bertz CT molecular complexity index is 395. The van der Waals surface area contributed by atoms with Crippen LogP contribution in [0.4, 0.5) is 0 Å². The first kappa shape index (κ1) is 13.9. The van der Waals surface area contributed by atoms with E-state index in [1.165, 1.54) is 12.8 Å². The lowest BCUT2D eigenvalue weighted by molar-refractivity contribution is 0.0761. The van der Waals surface area contributed by atoms with Crippen LogP contribution < -0.4 is 10.5 Å². The van der Waals surface area contributed by atoms with Gasteiger partial charge in [-0.25, -0.2) is 0 Å². The number of hydrogen-bond acceptors (Lipinski definition) is 3. The maximum atomic E-state index is 12.3. The van der Waals surface area contributed by atoms with Crippen LogP contribution >= 0.6 is 0 Å². The predicted octanol–water partition coefficient (Wildman–Crippen LogP) is 2.04. The van der Waals surface area contributed by atoms with Crippen LogP contribution in [0.3, 0.4) is 0 Å². The van der Waals surface area contributed by atoms with E-state index in [-0.39, 0.29) is 5.91 Å². The van der Waals surface area contributed by atoms with Gasteiger partial charge in [-0.1, -0.05) is 12.8 Å². The molecule has 4 nitrogen and oxygen atoms in total. The van der Waals surface area contributed by atoms with Gasteiger partial charge in [0.05, 0.1) is 0 Å². The van der Waals surface area contributed by atoms with Gasteiger partial charge in [-0.05, 0) is 37.1 Å². The lowest BCUT2D eigenvalue weighted by Gasteiger charge is -2.20. The van der Waals surface area contributed by atoms with Crippen LogP contribution in [-0.2, 0) is 0 Å². The number of nitrogens with zero attached hydrogens (tertiary/aromatic N) is 1. The quantitative estimate of drug-likeness (QED) is 0.903. The molecule has 1 aliphatic heterocycles. The molecule has 0 atom stereocenters. The van der Waals surface area contributed by atoms with Crippen LogP contribution in [0.15, 0.2) is 24.3 Å². The molecule has 0 spiro atoms. The molecule has 2 rings (SSSR count). The molecule has 104 valence electrons. The van der Waals surface area contributed by atoms with Gasteiger partial charge in [-0.2, -0.15) is 0 Å². The molecule has 0 saturated carbocycles. The van der Waals surface area contributed by atoms with Gasteiger partial charge in [0.15, 0.2) is 0 Å². The Morgan fingerprint density at radius 2 is 1.74 bits per heavy atom. The average Bonchev–Trinajstić information content (AvgIpc) is 2.74. The molecule has 4 heteroatoms. The number of likely N-dealkylation sites (tertiary alicyclic amines) is 1. The summed E-state index contributed by atoms with van der Waals surface area (Å²) in [6.07, 6.45) is 4.69. The molecule has 0 unspecified atom stereocenters. The van der Waals surface area contributed by atoms with E-state index in [2.05, 4.69) is 0 Å². The second-order valence-corrected chi connectivity index (χ2v) is 4.87. The van der Waals surface area contributed by atoms with Gasteiger partial charge in [0, 0.05) is 25.2 Å². The first-order valence-corrected chi connectivity index (χ1v) is 7.03. The molecule has 0 radical (unpaired) electrons. The minimum absolute atomic E-state index is 0.132. The fourth-order valence-electron chi connectivity index (χ4n) is 2.33. The maximum Gasteiger partial charge on any atom is 0.253 e. The smallest absolute Gasteiger partial charge is 0.253 e. The third kappa shape index (κ3) is 3.96. The molecule has 1 saturated heterocycles. The molecular weight excluding hydrogens is 240 g/mol. The van der Waals surface area contributed by atoms with Crippen LogP contribution in [0.5, 0.6) is 5.75 Å². The third-order valence-corrected chi connectivity index (χ3v) is 3.38. The maximum absolute atomic E-state index is 12.3. The van der Waals surface area contributed by atoms with Crippen molar-refractivity contribution in [1.82, 2.24) is 4.90 Å². The van der Waals surface area contributed by atoms with Gasteiger partial charge in [-0.3, -0.25) is 4.79 Å². The van der Waals surface area contributed by atoms with Gasteiger partial charge in [0.1, 0.15) is 12.4 Å². The predicted molar refractivity (Wildman–Crippen MR) is 75.4 cm³/mol. The van der Waals surface area contributed by atoms with Crippen molar-refractivity contribution in [3.63, 3.8) is 0 Å². The Morgan fingerprint density at radius 3 is 2.32 bits per heavy atom. The summed E-state index contributed by atoms with van der Waals surface area (Å²) in [6, 6.07) is 7.33. The van der Waals surface area contributed by atoms with E-state index >= 15 is 0 Å². The van der Waals surface area contributed by atoms with E-state index in [1.54, 1.807) is 0 Å². The number of amides is 1. The van der Waals surface area contributed by atoms with Crippen molar-refractivity contribution in [1.29, 1.82) is 0 Å².